The van der Waals surface area contributed by atoms with Crippen LogP contribution >= 0.6 is 0 Å². The minimum Gasteiger partial charge on any atom is -0.369 e. The van der Waals surface area contributed by atoms with Gasteiger partial charge in [0.15, 0.2) is 0 Å². The number of pyridine rings is 1. The van der Waals surface area contributed by atoms with E-state index in [1.165, 1.54) is 6.26 Å². The summed E-state index contributed by atoms with van der Waals surface area (Å²) in [5.41, 5.74) is 3.10. The fourth-order valence-electron chi connectivity index (χ4n) is 3.14. The fourth-order valence-corrected chi connectivity index (χ4v) is 3.94. The lowest BCUT2D eigenvalue weighted by Crippen LogP contribution is -2.47. The van der Waals surface area contributed by atoms with Crippen molar-refractivity contribution in [1.82, 2.24) is 9.71 Å². The van der Waals surface area contributed by atoms with Crippen LogP contribution in [0.4, 0.5) is 5.69 Å². The number of nitrogens with zero attached hydrogens (tertiary/aromatic N) is 2. The molecule has 6 heteroatoms. The van der Waals surface area contributed by atoms with E-state index in [9.17, 15) is 8.42 Å². The molecule has 2 aromatic rings. The molecule has 0 amide bonds. The molecule has 2 heterocycles. The van der Waals surface area contributed by atoms with Gasteiger partial charge in [0.2, 0.25) is 10.0 Å². The lowest BCUT2D eigenvalue weighted by molar-refractivity contribution is 0.468. The average Bonchev–Trinajstić information content (AvgIpc) is 2.45. The highest BCUT2D eigenvalue weighted by Gasteiger charge is 2.23. The SMILES string of the molecule is Cc1cc(N2CCC[C@@H](NS(C)(=O)=O)C2)c2ccccc2n1. The Labute approximate surface area is 131 Å². The van der Waals surface area contributed by atoms with Gasteiger partial charge in [-0.1, -0.05) is 18.2 Å². The van der Waals surface area contributed by atoms with Gasteiger partial charge in [-0.05, 0) is 31.9 Å². The first kappa shape index (κ1) is 15.2. The summed E-state index contributed by atoms with van der Waals surface area (Å²) in [5.74, 6) is 0. The molecule has 22 heavy (non-hydrogen) atoms. The van der Waals surface area contributed by atoms with Gasteiger partial charge in [-0.3, -0.25) is 4.98 Å². The average molecular weight is 319 g/mol. The lowest BCUT2D eigenvalue weighted by atomic mass is 10.0. The van der Waals surface area contributed by atoms with E-state index in [4.69, 9.17) is 0 Å². The monoisotopic (exact) mass is 319 g/mol. The first-order chi connectivity index (χ1) is 10.4. The van der Waals surface area contributed by atoms with Crippen LogP contribution in [-0.2, 0) is 10.0 Å². The summed E-state index contributed by atoms with van der Waals surface area (Å²) in [6.45, 7) is 3.63. The van der Waals surface area contributed by atoms with Crippen LogP contribution < -0.4 is 9.62 Å². The van der Waals surface area contributed by atoms with E-state index in [2.05, 4.69) is 26.7 Å². The van der Waals surface area contributed by atoms with Crippen molar-refractivity contribution in [2.45, 2.75) is 25.8 Å². The second-order valence-electron chi connectivity index (χ2n) is 5.98. The number of hydrogen-bond donors (Lipinski definition) is 1. The number of aromatic nitrogens is 1. The second-order valence-corrected chi connectivity index (χ2v) is 7.76. The smallest absolute Gasteiger partial charge is 0.209 e. The third kappa shape index (κ3) is 3.39. The van der Waals surface area contributed by atoms with Crippen molar-refractivity contribution in [3.63, 3.8) is 0 Å². The van der Waals surface area contributed by atoms with Gasteiger partial charge in [0.25, 0.3) is 0 Å². The lowest BCUT2D eigenvalue weighted by Gasteiger charge is -2.35. The van der Waals surface area contributed by atoms with E-state index in [0.29, 0.717) is 6.54 Å². The number of benzene rings is 1. The molecule has 0 aliphatic carbocycles. The van der Waals surface area contributed by atoms with Gasteiger partial charge in [-0.25, -0.2) is 13.1 Å². The summed E-state index contributed by atoms with van der Waals surface area (Å²) in [4.78, 5) is 6.84. The fraction of sp³-hybridized carbons (Fsp3) is 0.438. The van der Waals surface area contributed by atoms with E-state index in [-0.39, 0.29) is 6.04 Å². The molecule has 1 saturated heterocycles. The topological polar surface area (TPSA) is 62.3 Å². The maximum Gasteiger partial charge on any atom is 0.209 e. The Balaban J connectivity index is 1.93. The van der Waals surface area contributed by atoms with E-state index in [0.717, 1.165) is 41.7 Å². The van der Waals surface area contributed by atoms with Crippen molar-refractivity contribution in [2.75, 3.05) is 24.2 Å². The second kappa shape index (κ2) is 5.85. The molecule has 1 fully saturated rings. The predicted octanol–water partition coefficient (Wildman–Crippen LogP) is 2.06. The number of hydrogen-bond acceptors (Lipinski definition) is 4. The molecule has 1 aliphatic heterocycles. The van der Waals surface area contributed by atoms with Crippen LogP contribution in [0.1, 0.15) is 18.5 Å². The van der Waals surface area contributed by atoms with E-state index in [1.807, 2.05) is 25.1 Å². The first-order valence-electron chi connectivity index (χ1n) is 7.51. The van der Waals surface area contributed by atoms with Crippen molar-refractivity contribution in [2.24, 2.45) is 0 Å². The van der Waals surface area contributed by atoms with Crippen LogP contribution in [0.3, 0.4) is 0 Å². The number of aryl methyl sites for hydroxylation is 1. The highest BCUT2D eigenvalue weighted by molar-refractivity contribution is 7.88. The summed E-state index contributed by atoms with van der Waals surface area (Å²) in [6, 6.07) is 10.1. The van der Waals surface area contributed by atoms with Crippen LogP contribution in [0, 0.1) is 6.92 Å². The molecule has 0 unspecified atom stereocenters. The third-order valence-electron chi connectivity index (χ3n) is 3.97. The standard InChI is InChI=1S/C16H21N3O2S/c1-12-10-16(14-7-3-4-8-15(14)17-12)19-9-5-6-13(11-19)18-22(2,20)21/h3-4,7-8,10,13,18H,5-6,9,11H2,1-2H3/t13-/m1/s1. The van der Waals surface area contributed by atoms with Crippen molar-refractivity contribution >= 4 is 26.6 Å². The minimum atomic E-state index is -3.17. The zero-order chi connectivity index (χ0) is 15.7. The minimum absolute atomic E-state index is 0.0315. The van der Waals surface area contributed by atoms with Crippen molar-refractivity contribution in [3.8, 4) is 0 Å². The van der Waals surface area contributed by atoms with Crippen LogP contribution in [0.25, 0.3) is 10.9 Å². The van der Waals surface area contributed by atoms with Crippen molar-refractivity contribution < 1.29 is 8.42 Å². The molecule has 0 radical (unpaired) electrons. The molecule has 0 spiro atoms. The van der Waals surface area contributed by atoms with Crippen LogP contribution in [0.15, 0.2) is 30.3 Å². The highest BCUT2D eigenvalue weighted by atomic mass is 32.2. The molecule has 1 aromatic heterocycles. The Morgan fingerprint density at radius 1 is 1.32 bits per heavy atom. The molecule has 1 N–H and O–H groups in total. The largest absolute Gasteiger partial charge is 0.369 e. The van der Waals surface area contributed by atoms with Crippen LogP contribution in [0.2, 0.25) is 0 Å². The Kier molecular flexibility index (Phi) is 4.06. The summed E-state index contributed by atoms with van der Waals surface area (Å²) in [7, 11) is -3.17. The predicted molar refractivity (Wildman–Crippen MR) is 89.7 cm³/mol. The Morgan fingerprint density at radius 3 is 2.86 bits per heavy atom. The van der Waals surface area contributed by atoms with Gasteiger partial charge >= 0.3 is 0 Å². The normalized spacial score (nSPS) is 19.5. The van der Waals surface area contributed by atoms with E-state index >= 15 is 0 Å². The van der Waals surface area contributed by atoms with Gasteiger partial charge < -0.3 is 4.90 Å². The molecule has 3 rings (SSSR count). The van der Waals surface area contributed by atoms with Gasteiger partial charge in [-0.15, -0.1) is 0 Å². The van der Waals surface area contributed by atoms with E-state index < -0.39 is 10.0 Å². The quantitative estimate of drug-likeness (QED) is 0.940. The molecule has 5 nitrogen and oxygen atoms in total. The number of piperidine rings is 1. The molecular weight excluding hydrogens is 298 g/mol. The molecule has 1 aliphatic rings. The number of rotatable bonds is 3. The van der Waals surface area contributed by atoms with Crippen LogP contribution in [-0.4, -0.2) is 38.8 Å². The third-order valence-corrected chi connectivity index (χ3v) is 4.73. The number of nitrogens with one attached hydrogen (secondary N) is 1. The Morgan fingerprint density at radius 2 is 2.09 bits per heavy atom. The number of para-hydroxylation sites is 1. The number of sulfonamides is 1. The molecule has 1 atom stereocenters. The van der Waals surface area contributed by atoms with Gasteiger partial charge in [0, 0.05) is 35.9 Å². The van der Waals surface area contributed by atoms with Crippen LogP contribution in [0.5, 0.6) is 0 Å². The molecular formula is C16H21N3O2S. The van der Waals surface area contributed by atoms with E-state index in [1.54, 1.807) is 0 Å². The zero-order valence-electron chi connectivity index (χ0n) is 12.9. The highest BCUT2D eigenvalue weighted by Crippen LogP contribution is 2.29. The van der Waals surface area contributed by atoms with Crippen molar-refractivity contribution in [1.29, 1.82) is 0 Å². The molecule has 0 bridgehead atoms. The number of fused-ring (bicyclic) bond motifs is 1. The summed E-state index contributed by atoms with van der Waals surface area (Å²) < 4.78 is 25.7. The number of anilines is 1. The molecule has 118 valence electrons. The molecule has 0 saturated carbocycles. The zero-order valence-corrected chi connectivity index (χ0v) is 13.7. The van der Waals surface area contributed by atoms with Gasteiger partial charge in [-0.2, -0.15) is 0 Å². The maximum absolute atomic E-state index is 11.5. The Hall–Kier alpha value is -1.66. The first-order valence-corrected chi connectivity index (χ1v) is 9.40. The van der Waals surface area contributed by atoms with Gasteiger partial charge in [0.05, 0.1) is 11.8 Å². The maximum atomic E-state index is 11.5. The van der Waals surface area contributed by atoms with Gasteiger partial charge in [0.1, 0.15) is 0 Å². The summed E-state index contributed by atoms with van der Waals surface area (Å²) >= 11 is 0. The Bertz CT molecular complexity index is 789. The summed E-state index contributed by atoms with van der Waals surface area (Å²) in [6.07, 6.45) is 3.08. The summed E-state index contributed by atoms with van der Waals surface area (Å²) in [5, 5.41) is 1.12. The molecule has 1 aromatic carbocycles. The van der Waals surface area contributed by atoms with Crippen molar-refractivity contribution in [3.05, 3.63) is 36.0 Å².